The molecule has 3 aromatic rings. The van der Waals surface area contributed by atoms with Crippen LogP contribution in [0.2, 0.25) is 0 Å². The number of nitrogens with one attached hydrogen (secondary N) is 1. The Morgan fingerprint density at radius 1 is 0.973 bits per heavy atom. The Balaban J connectivity index is 1.45. The van der Waals surface area contributed by atoms with E-state index in [1.165, 1.54) is 0 Å². The average molecular weight is 497 g/mol. The zero-order valence-electron chi connectivity index (χ0n) is 21.0. The van der Waals surface area contributed by atoms with Crippen LogP contribution < -0.4 is 15.8 Å². The third-order valence-electron chi connectivity index (χ3n) is 6.82. The molecule has 0 aliphatic heterocycles. The second-order valence-corrected chi connectivity index (χ2v) is 9.41. The van der Waals surface area contributed by atoms with Crippen LogP contribution in [0, 0.1) is 11.3 Å². The van der Waals surface area contributed by atoms with Crippen LogP contribution in [0.5, 0.6) is 5.75 Å². The number of methoxy groups -OCH3 is 1. The van der Waals surface area contributed by atoms with Crippen molar-refractivity contribution in [3.63, 3.8) is 0 Å². The van der Waals surface area contributed by atoms with E-state index in [2.05, 4.69) is 11.4 Å². The monoisotopic (exact) mass is 496 g/mol. The van der Waals surface area contributed by atoms with Gasteiger partial charge in [-0.25, -0.2) is 0 Å². The summed E-state index contributed by atoms with van der Waals surface area (Å²) in [6.45, 7) is 0.414. The van der Waals surface area contributed by atoms with Gasteiger partial charge in [-0.05, 0) is 72.5 Å². The molecule has 0 heterocycles. The highest BCUT2D eigenvalue weighted by Gasteiger charge is 2.31. The van der Waals surface area contributed by atoms with E-state index in [1.54, 1.807) is 31.4 Å². The third kappa shape index (κ3) is 6.75. The lowest BCUT2D eigenvalue weighted by Gasteiger charge is -2.38. The fourth-order valence-electron chi connectivity index (χ4n) is 4.74. The SMILES string of the molecule is COc1ccc(CC(=O)Nc2ccc(CN(C(=O)c3ccc(C#N)cc3)C3CCCCC3N)cc2)cc1. The van der Waals surface area contributed by atoms with Crippen molar-refractivity contribution in [2.75, 3.05) is 12.4 Å². The van der Waals surface area contributed by atoms with Gasteiger partial charge in [-0.15, -0.1) is 0 Å². The third-order valence-corrected chi connectivity index (χ3v) is 6.82. The molecule has 3 aromatic carbocycles. The molecule has 0 spiro atoms. The van der Waals surface area contributed by atoms with Crippen LogP contribution >= 0.6 is 0 Å². The van der Waals surface area contributed by atoms with Crippen LogP contribution in [0.4, 0.5) is 5.69 Å². The minimum absolute atomic E-state index is 0.0548. The Labute approximate surface area is 217 Å². The number of amides is 2. The van der Waals surface area contributed by atoms with Crippen LogP contribution in [0.1, 0.15) is 52.7 Å². The standard InChI is InChI=1S/C30H32N4O3/c1-37-26-16-10-21(11-17-26)18-29(35)33-25-14-8-23(9-15-25)20-34(28-5-3-2-4-27(28)32)30(36)24-12-6-22(19-31)7-13-24/h6-17,27-28H,2-5,18,20,32H2,1H3,(H,33,35). The number of benzene rings is 3. The first-order valence-corrected chi connectivity index (χ1v) is 12.6. The van der Waals surface area contributed by atoms with Crippen molar-refractivity contribution >= 4 is 17.5 Å². The molecule has 2 unspecified atom stereocenters. The quantitative estimate of drug-likeness (QED) is 0.472. The van der Waals surface area contributed by atoms with Gasteiger partial charge in [0.05, 0.1) is 25.2 Å². The van der Waals surface area contributed by atoms with E-state index < -0.39 is 0 Å². The number of nitrogens with two attached hydrogens (primary N) is 1. The predicted octanol–water partition coefficient (Wildman–Crippen LogP) is 4.66. The van der Waals surface area contributed by atoms with E-state index in [0.29, 0.717) is 23.4 Å². The van der Waals surface area contributed by atoms with Gasteiger partial charge in [-0.2, -0.15) is 5.26 Å². The molecule has 4 rings (SSSR count). The van der Waals surface area contributed by atoms with Gasteiger partial charge in [0, 0.05) is 29.9 Å². The molecule has 0 radical (unpaired) electrons. The summed E-state index contributed by atoms with van der Waals surface area (Å²) in [5.41, 5.74) is 10.1. The number of nitriles is 1. The van der Waals surface area contributed by atoms with Gasteiger partial charge in [-0.1, -0.05) is 37.1 Å². The van der Waals surface area contributed by atoms with Gasteiger partial charge in [0.25, 0.3) is 5.91 Å². The molecule has 1 saturated carbocycles. The molecule has 7 nitrogen and oxygen atoms in total. The highest BCUT2D eigenvalue weighted by atomic mass is 16.5. The zero-order valence-corrected chi connectivity index (χ0v) is 21.0. The van der Waals surface area contributed by atoms with Crippen LogP contribution in [-0.2, 0) is 17.8 Å². The number of anilines is 1. The predicted molar refractivity (Wildman–Crippen MR) is 143 cm³/mol. The number of hydrogen-bond acceptors (Lipinski definition) is 5. The smallest absolute Gasteiger partial charge is 0.254 e. The molecule has 3 N–H and O–H groups in total. The van der Waals surface area contributed by atoms with E-state index >= 15 is 0 Å². The molecule has 0 saturated heterocycles. The van der Waals surface area contributed by atoms with E-state index in [4.69, 9.17) is 15.7 Å². The molecule has 1 aliphatic rings. The van der Waals surface area contributed by atoms with Crippen molar-refractivity contribution in [3.8, 4) is 11.8 Å². The summed E-state index contributed by atoms with van der Waals surface area (Å²) in [4.78, 5) is 27.9. The Hall–Kier alpha value is -4.15. The maximum Gasteiger partial charge on any atom is 0.254 e. The number of hydrogen-bond donors (Lipinski definition) is 2. The first kappa shape index (κ1) is 25.9. The summed E-state index contributed by atoms with van der Waals surface area (Å²) in [7, 11) is 1.61. The lowest BCUT2D eigenvalue weighted by atomic mass is 9.89. The molecular weight excluding hydrogens is 464 g/mol. The molecule has 7 heteroatoms. The summed E-state index contributed by atoms with van der Waals surface area (Å²) in [6.07, 6.45) is 4.12. The lowest BCUT2D eigenvalue weighted by molar-refractivity contribution is -0.115. The average Bonchev–Trinajstić information content (AvgIpc) is 2.93. The van der Waals surface area contributed by atoms with Crippen molar-refractivity contribution in [2.24, 2.45) is 5.73 Å². The lowest BCUT2D eigenvalue weighted by Crippen LogP contribution is -2.51. The van der Waals surface area contributed by atoms with Crippen LogP contribution in [-0.4, -0.2) is 35.9 Å². The first-order chi connectivity index (χ1) is 18.0. The van der Waals surface area contributed by atoms with Gasteiger partial charge in [-0.3, -0.25) is 9.59 Å². The zero-order chi connectivity index (χ0) is 26.2. The number of carbonyl (C=O) groups is 2. The van der Waals surface area contributed by atoms with Crippen molar-refractivity contribution in [2.45, 2.75) is 50.7 Å². The molecule has 190 valence electrons. The van der Waals surface area contributed by atoms with E-state index in [9.17, 15) is 9.59 Å². The van der Waals surface area contributed by atoms with Crippen molar-refractivity contribution in [1.82, 2.24) is 4.90 Å². The summed E-state index contributed by atoms with van der Waals surface area (Å²) >= 11 is 0. The van der Waals surface area contributed by atoms with Crippen molar-refractivity contribution in [1.29, 1.82) is 5.26 Å². The molecular formula is C30H32N4O3. The highest BCUT2D eigenvalue weighted by molar-refractivity contribution is 5.94. The first-order valence-electron chi connectivity index (χ1n) is 12.6. The Bertz CT molecular complexity index is 1250. The van der Waals surface area contributed by atoms with Gasteiger partial charge < -0.3 is 20.7 Å². The van der Waals surface area contributed by atoms with E-state index in [1.807, 2.05) is 53.4 Å². The Morgan fingerprint density at radius 2 is 1.62 bits per heavy atom. The minimum Gasteiger partial charge on any atom is -0.497 e. The summed E-state index contributed by atoms with van der Waals surface area (Å²) in [5.74, 6) is 0.549. The Kier molecular flexibility index (Phi) is 8.55. The van der Waals surface area contributed by atoms with Crippen LogP contribution in [0.25, 0.3) is 0 Å². The second-order valence-electron chi connectivity index (χ2n) is 9.41. The number of carbonyl (C=O) groups excluding carboxylic acids is 2. The number of nitrogens with zero attached hydrogens (tertiary/aromatic N) is 2. The van der Waals surface area contributed by atoms with Crippen molar-refractivity contribution in [3.05, 3.63) is 95.1 Å². The fraction of sp³-hybridized carbons (Fsp3) is 0.300. The van der Waals surface area contributed by atoms with Gasteiger partial charge in [0.15, 0.2) is 0 Å². The molecule has 0 aromatic heterocycles. The molecule has 1 fully saturated rings. The van der Waals surface area contributed by atoms with Crippen LogP contribution in [0.3, 0.4) is 0 Å². The molecule has 37 heavy (non-hydrogen) atoms. The van der Waals surface area contributed by atoms with Gasteiger partial charge >= 0.3 is 0 Å². The summed E-state index contributed by atoms with van der Waals surface area (Å²) in [6, 6.07) is 23.7. The molecule has 2 atom stereocenters. The molecule has 0 bridgehead atoms. The van der Waals surface area contributed by atoms with Gasteiger partial charge in [0.2, 0.25) is 5.91 Å². The van der Waals surface area contributed by atoms with Gasteiger partial charge in [0.1, 0.15) is 5.75 Å². The summed E-state index contributed by atoms with van der Waals surface area (Å²) in [5, 5.41) is 12.0. The maximum absolute atomic E-state index is 13.5. The maximum atomic E-state index is 13.5. The topological polar surface area (TPSA) is 108 Å². The summed E-state index contributed by atoms with van der Waals surface area (Å²) < 4.78 is 5.16. The fourth-order valence-corrected chi connectivity index (χ4v) is 4.74. The van der Waals surface area contributed by atoms with E-state index in [-0.39, 0.29) is 30.3 Å². The van der Waals surface area contributed by atoms with Crippen molar-refractivity contribution < 1.29 is 14.3 Å². The number of rotatable bonds is 8. The molecule has 1 aliphatic carbocycles. The molecule has 2 amide bonds. The Morgan fingerprint density at radius 3 is 2.24 bits per heavy atom. The second kappa shape index (κ2) is 12.2. The minimum atomic E-state index is -0.108. The normalized spacial score (nSPS) is 16.9. The highest BCUT2D eigenvalue weighted by Crippen LogP contribution is 2.26. The largest absolute Gasteiger partial charge is 0.497 e. The number of ether oxygens (including phenoxy) is 1. The van der Waals surface area contributed by atoms with Crippen LogP contribution in [0.15, 0.2) is 72.8 Å². The van der Waals surface area contributed by atoms with E-state index in [0.717, 1.165) is 42.6 Å².